The van der Waals surface area contributed by atoms with E-state index in [4.69, 9.17) is 4.74 Å². The van der Waals surface area contributed by atoms with Crippen molar-refractivity contribution < 1.29 is 4.74 Å². The van der Waals surface area contributed by atoms with E-state index in [0.717, 1.165) is 39.3 Å². The molecule has 112 valence electrons. The molecule has 1 aromatic heterocycles. The number of thiophene rings is 1. The summed E-state index contributed by atoms with van der Waals surface area (Å²) in [4.78, 5) is 5.22. The third-order valence-electron chi connectivity index (χ3n) is 3.78. The average Bonchev–Trinajstić information content (AvgIpc) is 3.02. The average molecular weight is 302 g/mol. The lowest BCUT2D eigenvalue weighted by Crippen LogP contribution is -2.36. The molecule has 21 heavy (non-hydrogen) atoms. The van der Waals surface area contributed by atoms with Gasteiger partial charge in [-0.1, -0.05) is 6.92 Å². The molecule has 0 atom stereocenters. The van der Waals surface area contributed by atoms with E-state index >= 15 is 0 Å². The van der Waals surface area contributed by atoms with Crippen molar-refractivity contribution in [3.8, 4) is 0 Å². The van der Waals surface area contributed by atoms with Crippen molar-refractivity contribution in [1.29, 1.82) is 0 Å². The lowest BCUT2D eigenvalue weighted by Gasteiger charge is -2.28. The summed E-state index contributed by atoms with van der Waals surface area (Å²) in [6.07, 6.45) is 1.12. The first-order valence-corrected chi connectivity index (χ1v) is 8.41. The molecule has 1 fully saturated rings. The maximum Gasteiger partial charge on any atom is 0.0642 e. The molecule has 0 unspecified atom stereocenters. The van der Waals surface area contributed by atoms with E-state index in [1.807, 2.05) is 11.3 Å². The summed E-state index contributed by atoms with van der Waals surface area (Å²) in [6, 6.07) is 13.2. The summed E-state index contributed by atoms with van der Waals surface area (Å²) in [5.41, 5.74) is 2.46. The van der Waals surface area contributed by atoms with E-state index < -0.39 is 0 Å². The van der Waals surface area contributed by atoms with Crippen molar-refractivity contribution in [2.75, 3.05) is 36.5 Å². The molecule has 1 saturated heterocycles. The molecule has 0 radical (unpaired) electrons. The van der Waals surface area contributed by atoms with Crippen molar-refractivity contribution in [2.24, 2.45) is 0 Å². The number of rotatable bonds is 5. The minimum Gasteiger partial charge on any atom is -0.380 e. The first kappa shape index (κ1) is 14.4. The van der Waals surface area contributed by atoms with Crippen LogP contribution in [0.1, 0.15) is 16.7 Å². The van der Waals surface area contributed by atoms with E-state index in [9.17, 15) is 0 Å². The highest BCUT2D eigenvalue weighted by molar-refractivity contribution is 7.12. The van der Waals surface area contributed by atoms with Crippen LogP contribution in [0, 0.1) is 0 Å². The fourth-order valence-electron chi connectivity index (χ4n) is 2.51. The normalized spacial score (nSPS) is 15.2. The van der Waals surface area contributed by atoms with Crippen LogP contribution < -0.4 is 10.2 Å². The Hall–Kier alpha value is -1.52. The van der Waals surface area contributed by atoms with Crippen LogP contribution in [0.3, 0.4) is 0 Å². The quantitative estimate of drug-likeness (QED) is 0.910. The zero-order valence-corrected chi connectivity index (χ0v) is 13.3. The van der Waals surface area contributed by atoms with Crippen molar-refractivity contribution in [3.05, 3.63) is 46.2 Å². The van der Waals surface area contributed by atoms with Gasteiger partial charge in [-0.25, -0.2) is 0 Å². The monoisotopic (exact) mass is 302 g/mol. The first-order chi connectivity index (χ1) is 10.3. The van der Waals surface area contributed by atoms with Gasteiger partial charge in [0.05, 0.1) is 13.2 Å². The standard InChI is InChI=1S/C17H22N2OS/c1-2-16-7-8-17(21-16)13-18-14-3-5-15(6-4-14)19-9-11-20-12-10-19/h3-8,18H,2,9-13H2,1H3. The second-order valence-electron chi connectivity index (χ2n) is 5.22. The summed E-state index contributed by atoms with van der Waals surface area (Å²) in [5.74, 6) is 0. The van der Waals surface area contributed by atoms with Gasteiger partial charge in [0.2, 0.25) is 0 Å². The molecule has 1 aromatic carbocycles. The van der Waals surface area contributed by atoms with Gasteiger partial charge in [0.25, 0.3) is 0 Å². The summed E-state index contributed by atoms with van der Waals surface area (Å²) < 4.78 is 5.39. The number of morpholine rings is 1. The Bertz CT molecular complexity index is 558. The van der Waals surface area contributed by atoms with Crippen LogP contribution in [0.25, 0.3) is 0 Å². The maximum absolute atomic E-state index is 5.39. The molecule has 3 nitrogen and oxygen atoms in total. The predicted octanol–water partition coefficient (Wildman–Crippen LogP) is 3.76. The summed E-state index contributed by atoms with van der Waals surface area (Å²) in [7, 11) is 0. The molecular weight excluding hydrogens is 280 g/mol. The number of ether oxygens (including phenoxy) is 1. The molecule has 1 aliphatic rings. The Morgan fingerprint density at radius 2 is 1.76 bits per heavy atom. The number of nitrogens with one attached hydrogen (secondary N) is 1. The fraction of sp³-hybridized carbons (Fsp3) is 0.412. The van der Waals surface area contributed by atoms with Crippen LogP contribution in [-0.2, 0) is 17.7 Å². The van der Waals surface area contributed by atoms with Gasteiger partial charge < -0.3 is 15.0 Å². The minimum atomic E-state index is 0.831. The first-order valence-electron chi connectivity index (χ1n) is 7.59. The van der Waals surface area contributed by atoms with Crippen LogP contribution in [-0.4, -0.2) is 26.3 Å². The second kappa shape index (κ2) is 6.96. The summed E-state index contributed by atoms with van der Waals surface area (Å²) in [6.45, 7) is 6.74. The lowest BCUT2D eigenvalue weighted by molar-refractivity contribution is 0.122. The van der Waals surface area contributed by atoms with E-state index in [1.54, 1.807) is 0 Å². The summed E-state index contributed by atoms with van der Waals surface area (Å²) >= 11 is 1.89. The Kier molecular flexibility index (Phi) is 4.78. The highest BCUT2D eigenvalue weighted by atomic mass is 32.1. The third kappa shape index (κ3) is 3.77. The molecule has 0 saturated carbocycles. The van der Waals surface area contributed by atoms with Crippen LogP contribution in [0.15, 0.2) is 36.4 Å². The van der Waals surface area contributed by atoms with E-state index in [1.165, 1.54) is 21.1 Å². The Morgan fingerprint density at radius 1 is 1.05 bits per heavy atom. The molecule has 3 rings (SSSR count). The Morgan fingerprint density at radius 3 is 2.43 bits per heavy atom. The highest BCUT2D eigenvalue weighted by Gasteiger charge is 2.10. The van der Waals surface area contributed by atoms with Crippen molar-refractivity contribution >= 4 is 22.7 Å². The SMILES string of the molecule is CCc1ccc(CNc2ccc(N3CCOCC3)cc2)s1. The number of nitrogens with zero attached hydrogens (tertiary/aromatic N) is 1. The van der Waals surface area contributed by atoms with Gasteiger partial charge in [-0.3, -0.25) is 0 Å². The van der Waals surface area contributed by atoms with Gasteiger partial charge in [-0.2, -0.15) is 0 Å². The summed E-state index contributed by atoms with van der Waals surface area (Å²) in [5, 5.41) is 3.50. The van der Waals surface area contributed by atoms with Crippen LogP contribution in [0.5, 0.6) is 0 Å². The molecule has 0 amide bonds. The van der Waals surface area contributed by atoms with Gasteiger partial charge in [0.15, 0.2) is 0 Å². The molecule has 0 aliphatic carbocycles. The smallest absolute Gasteiger partial charge is 0.0642 e. The Balaban J connectivity index is 1.56. The topological polar surface area (TPSA) is 24.5 Å². The van der Waals surface area contributed by atoms with Crippen LogP contribution in [0.2, 0.25) is 0 Å². The second-order valence-corrected chi connectivity index (χ2v) is 6.47. The molecule has 2 heterocycles. The van der Waals surface area contributed by atoms with Crippen LogP contribution >= 0.6 is 11.3 Å². The van der Waals surface area contributed by atoms with Gasteiger partial charge in [0, 0.05) is 40.8 Å². The van der Waals surface area contributed by atoms with Gasteiger partial charge in [0.1, 0.15) is 0 Å². The zero-order chi connectivity index (χ0) is 14.5. The molecule has 1 aliphatic heterocycles. The van der Waals surface area contributed by atoms with Crippen LogP contribution in [0.4, 0.5) is 11.4 Å². The minimum absolute atomic E-state index is 0.831. The van der Waals surface area contributed by atoms with E-state index in [2.05, 4.69) is 53.5 Å². The predicted molar refractivity (Wildman–Crippen MR) is 90.5 cm³/mol. The fourth-order valence-corrected chi connectivity index (χ4v) is 3.41. The lowest BCUT2D eigenvalue weighted by atomic mass is 10.2. The molecular formula is C17H22N2OS. The molecule has 2 aromatic rings. The molecule has 0 spiro atoms. The molecule has 0 bridgehead atoms. The van der Waals surface area contributed by atoms with Crippen molar-refractivity contribution in [3.63, 3.8) is 0 Å². The maximum atomic E-state index is 5.39. The number of hydrogen-bond donors (Lipinski definition) is 1. The van der Waals surface area contributed by atoms with Gasteiger partial charge in [-0.05, 0) is 42.8 Å². The van der Waals surface area contributed by atoms with Gasteiger partial charge >= 0.3 is 0 Å². The number of benzene rings is 1. The number of hydrogen-bond acceptors (Lipinski definition) is 4. The van der Waals surface area contributed by atoms with E-state index in [0.29, 0.717) is 0 Å². The highest BCUT2D eigenvalue weighted by Crippen LogP contribution is 2.21. The molecule has 1 N–H and O–H groups in total. The zero-order valence-electron chi connectivity index (χ0n) is 12.5. The number of aryl methyl sites for hydroxylation is 1. The van der Waals surface area contributed by atoms with Crippen molar-refractivity contribution in [1.82, 2.24) is 0 Å². The molecule has 4 heteroatoms. The Labute approximate surface area is 130 Å². The number of anilines is 2. The van der Waals surface area contributed by atoms with Crippen molar-refractivity contribution in [2.45, 2.75) is 19.9 Å². The largest absolute Gasteiger partial charge is 0.380 e. The third-order valence-corrected chi connectivity index (χ3v) is 5.01. The van der Waals surface area contributed by atoms with E-state index in [-0.39, 0.29) is 0 Å². The van der Waals surface area contributed by atoms with Gasteiger partial charge in [-0.15, -0.1) is 11.3 Å².